The SMILES string of the molecule is C1CCOC1.CC(C)O.CC(C)O.CC(C)O.CO.N#Cc1ccc(N)cn1.Nc1ccc(C2(N)CC2)nc1.[Br-].[CH2-]C.[Mg+2].[Ti]. The molecule has 3 heterocycles. The topological polar surface area (TPSA) is 218 Å². The molecule has 1 saturated carbocycles. The second kappa shape index (κ2) is 40.1. The Morgan fingerprint density at radius 3 is 1.36 bits per heavy atom. The first-order valence-electron chi connectivity index (χ1n) is 13.6. The number of anilines is 2. The fourth-order valence-corrected chi connectivity index (χ4v) is 2.07. The maximum atomic E-state index is 8.28. The van der Waals surface area contributed by atoms with Crippen molar-refractivity contribution in [2.24, 2.45) is 5.73 Å². The summed E-state index contributed by atoms with van der Waals surface area (Å²) >= 11 is 0. The molecule has 2 aliphatic rings. The Morgan fingerprint density at radius 1 is 0.818 bits per heavy atom. The third-order valence-electron chi connectivity index (χ3n) is 3.81. The minimum Gasteiger partial charge on any atom is -1.00 e. The zero-order valence-corrected chi connectivity index (χ0v) is 32.6. The summed E-state index contributed by atoms with van der Waals surface area (Å²) in [5.74, 6) is 0. The summed E-state index contributed by atoms with van der Waals surface area (Å²) in [5, 5.41) is 39.4. The van der Waals surface area contributed by atoms with Gasteiger partial charge in [-0.1, -0.05) is 0 Å². The van der Waals surface area contributed by atoms with E-state index in [0.29, 0.717) is 17.1 Å². The number of halogens is 1. The number of nitrogen functional groups attached to an aromatic ring is 2. The maximum absolute atomic E-state index is 8.28. The van der Waals surface area contributed by atoms with Crippen molar-refractivity contribution in [2.75, 3.05) is 31.8 Å². The molecule has 250 valence electrons. The molecule has 0 bridgehead atoms. The van der Waals surface area contributed by atoms with Crippen molar-refractivity contribution in [2.45, 2.75) is 98.0 Å². The quantitative estimate of drug-likeness (QED) is 0.155. The number of aliphatic hydroxyl groups is 4. The van der Waals surface area contributed by atoms with Crippen LogP contribution >= 0.6 is 0 Å². The molecule has 1 aliphatic heterocycles. The molecular formula is C30H57BrMgN6O5Ti. The molecule has 11 nitrogen and oxygen atoms in total. The van der Waals surface area contributed by atoms with Gasteiger partial charge in [0, 0.05) is 60.4 Å². The van der Waals surface area contributed by atoms with E-state index in [1.807, 2.05) is 18.2 Å². The van der Waals surface area contributed by atoms with Crippen molar-refractivity contribution in [3.05, 3.63) is 55.0 Å². The normalized spacial score (nSPS) is 12.1. The van der Waals surface area contributed by atoms with Gasteiger partial charge in [-0.25, -0.2) is 4.98 Å². The fraction of sp³-hybridized carbons (Fsp3) is 0.600. The van der Waals surface area contributed by atoms with E-state index in [1.165, 1.54) is 19.0 Å². The van der Waals surface area contributed by atoms with Crippen LogP contribution in [-0.2, 0) is 32.0 Å². The van der Waals surface area contributed by atoms with Crippen molar-refractivity contribution in [1.82, 2.24) is 9.97 Å². The molecular weight excluding hydrogens is 676 g/mol. The number of ether oxygens (including phenoxy) is 1. The van der Waals surface area contributed by atoms with Gasteiger partial charge in [0.1, 0.15) is 11.8 Å². The molecule has 0 spiro atoms. The summed E-state index contributed by atoms with van der Waals surface area (Å²) in [4.78, 5) is 7.87. The van der Waals surface area contributed by atoms with Crippen LogP contribution in [0.2, 0.25) is 0 Å². The summed E-state index contributed by atoms with van der Waals surface area (Å²) in [6.45, 7) is 17.3. The Labute approximate surface area is 308 Å². The number of rotatable bonds is 1. The molecule has 0 amide bonds. The number of nitrogens with two attached hydrogens (primary N) is 3. The first kappa shape index (κ1) is 58.6. The molecule has 0 unspecified atom stereocenters. The van der Waals surface area contributed by atoms with Crippen LogP contribution < -0.4 is 34.2 Å². The van der Waals surface area contributed by atoms with Crippen LogP contribution in [0.1, 0.15) is 85.5 Å². The standard InChI is InChI=1S/C8H11N3.C6H5N3.C4H8O.3C3H8O.C2H5.CH4O.BrH.Mg.Ti/c9-6-1-2-7(11-5-6)8(10)3-4-8;7-3-6-2-1-5(8)4-9-6;1-2-4-5-3-1;3*1-3(2)4;2*1-2;;;/h1-2,5H,3-4,9-10H2;1-2,4H,8H2;1-4H2;3*3-4H,1-2H3;1H2,2H3;2H,1H3;1H;;/q;;;;;;-1;;;+2;/p-1. The molecule has 0 radical (unpaired) electrons. The van der Waals surface area contributed by atoms with E-state index in [1.54, 1.807) is 66.8 Å². The van der Waals surface area contributed by atoms with Gasteiger partial charge in [-0.05, 0) is 91.5 Å². The molecule has 1 aliphatic carbocycles. The van der Waals surface area contributed by atoms with Gasteiger partial charge in [0.2, 0.25) is 0 Å². The maximum Gasteiger partial charge on any atom is 2.00 e. The van der Waals surface area contributed by atoms with Gasteiger partial charge in [-0.15, -0.1) is 0 Å². The Bertz CT molecular complexity index is 824. The molecule has 14 heteroatoms. The predicted molar refractivity (Wildman–Crippen MR) is 174 cm³/mol. The number of hydrogen-bond donors (Lipinski definition) is 7. The van der Waals surface area contributed by atoms with Gasteiger partial charge in [-0.3, -0.25) is 4.98 Å². The van der Waals surface area contributed by atoms with Crippen molar-refractivity contribution in [3.8, 4) is 6.07 Å². The number of aromatic nitrogens is 2. The summed E-state index contributed by atoms with van der Waals surface area (Å²) in [6.07, 6.45) is 7.26. The molecule has 2 aromatic rings. The first-order chi connectivity index (χ1) is 19.2. The van der Waals surface area contributed by atoms with E-state index in [9.17, 15) is 0 Å². The summed E-state index contributed by atoms with van der Waals surface area (Å²) < 4.78 is 4.94. The molecule has 4 rings (SSSR count). The van der Waals surface area contributed by atoms with Crippen molar-refractivity contribution < 1.29 is 63.9 Å². The molecule has 0 atom stereocenters. The van der Waals surface area contributed by atoms with Crippen LogP contribution in [0.5, 0.6) is 0 Å². The molecule has 0 aromatic carbocycles. The van der Waals surface area contributed by atoms with Crippen molar-refractivity contribution >= 4 is 34.4 Å². The average molecular weight is 734 g/mol. The van der Waals surface area contributed by atoms with Crippen LogP contribution in [0.25, 0.3) is 0 Å². The van der Waals surface area contributed by atoms with Gasteiger partial charge in [0.15, 0.2) is 0 Å². The van der Waals surface area contributed by atoms with Crippen LogP contribution in [0.3, 0.4) is 0 Å². The van der Waals surface area contributed by atoms with E-state index in [2.05, 4.69) is 16.9 Å². The van der Waals surface area contributed by atoms with Gasteiger partial charge >= 0.3 is 23.1 Å². The molecule has 1 saturated heterocycles. The van der Waals surface area contributed by atoms with E-state index in [-0.39, 0.29) is 85.6 Å². The van der Waals surface area contributed by atoms with Gasteiger partial charge in [0.25, 0.3) is 0 Å². The van der Waals surface area contributed by atoms with E-state index < -0.39 is 0 Å². The van der Waals surface area contributed by atoms with Crippen molar-refractivity contribution in [3.63, 3.8) is 0 Å². The number of hydrogen-bond acceptors (Lipinski definition) is 11. The van der Waals surface area contributed by atoms with E-state index in [4.69, 9.17) is 47.6 Å². The average Bonchev–Trinajstić information content (AvgIpc) is 3.38. The van der Waals surface area contributed by atoms with Gasteiger partial charge in [0.05, 0.1) is 35.0 Å². The second-order valence-corrected chi connectivity index (χ2v) is 9.32. The summed E-state index contributed by atoms with van der Waals surface area (Å²) in [5.41, 5.74) is 19.2. The number of pyridine rings is 2. The molecule has 2 fully saturated rings. The van der Waals surface area contributed by atoms with Crippen molar-refractivity contribution in [1.29, 1.82) is 5.26 Å². The summed E-state index contributed by atoms with van der Waals surface area (Å²) in [6, 6.07) is 8.86. The van der Waals surface area contributed by atoms with Crippen LogP contribution in [-0.4, -0.2) is 92.1 Å². The smallest absolute Gasteiger partial charge is 1.00 e. The Hall–Kier alpha value is -0.889. The predicted octanol–water partition coefficient (Wildman–Crippen LogP) is 0.175. The Balaban J connectivity index is -0.0000000756. The second-order valence-electron chi connectivity index (χ2n) is 9.32. The van der Waals surface area contributed by atoms with Crippen LogP contribution in [0.15, 0.2) is 36.7 Å². The fourth-order valence-electron chi connectivity index (χ4n) is 2.07. The van der Waals surface area contributed by atoms with Gasteiger partial charge in [-0.2, -0.15) is 12.2 Å². The van der Waals surface area contributed by atoms with Crippen LogP contribution in [0, 0.1) is 18.3 Å². The Morgan fingerprint density at radius 2 is 1.16 bits per heavy atom. The zero-order chi connectivity index (χ0) is 32.9. The number of nitrogens with zero attached hydrogens (tertiary/aromatic N) is 3. The minimum atomic E-state index is -0.167. The first-order valence-corrected chi connectivity index (χ1v) is 13.6. The molecule has 2 aromatic heterocycles. The van der Waals surface area contributed by atoms with E-state index in [0.717, 1.165) is 38.9 Å². The third-order valence-corrected chi connectivity index (χ3v) is 3.81. The monoisotopic (exact) mass is 732 g/mol. The zero-order valence-electron chi connectivity index (χ0n) is 28.0. The number of nitriles is 1. The largest absolute Gasteiger partial charge is 2.00 e. The minimum absolute atomic E-state index is 0. The Kier molecular flexibility index (Phi) is 53.5. The van der Waals surface area contributed by atoms with Crippen LogP contribution in [0.4, 0.5) is 11.4 Å². The number of aliphatic hydroxyl groups excluding tert-OH is 4. The summed E-state index contributed by atoms with van der Waals surface area (Å²) in [7, 11) is 1.00. The van der Waals surface area contributed by atoms with E-state index >= 15 is 0 Å². The molecule has 10 N–H and O–H groups in total. The third kappa shape index (κ3) is 48.0. The van der Waals surface area contributed by atoms with Gasteiger partial charge < -0.3 is 66.3 Å². The molecule has 44 heavy (non-hydrogen) atoms.